The number of primary sulfonamides is 1. The van der Waals surface area contributed by atoms with Gasteiger partial charge in [-0.25, -0.2) is 13.6 Å². The fraction of sp³-hybridized carbons (Fsp3) is 0.250. The van der Waals surface area contributed by atoms with E-state index in [2.05, 4.69) is 5.32 Å². The summed E-state index contributed by atoms with van der Waals surface area (Å²) in [5.74, 6) is 0.343. The van der Waals surface area contributed by atoms with Crippen molar-refractivity contribution in [3.63, 3.8) is 0 Å². The monoisotopic (exact) mass is 346 g/mol. The molecule has 1 amide bonds. The van der Waals surface area contributed by atoms with Gasteiger partial charge in [0.2, 0.25) is 10.0 Å². The summed E-state index contributed by atoms with van der Waals surface area (Å²) < 4.78 is 27.5. The Labute approximate surface area is 130 Å². The number of sulfonamides is 1. The third-order valence-corrected chi connectivity index (χ3v) is 6.11. The Morgan fingerprint density at radius 3 is 2.76 bits per heavy atom. The van der Waals surface area contributed by atoms with Crippen molar-refractivity contribution >= 4 is 38.6 Å². The average molecular weight is 346 g/mol. The second-order valence-corrected chi connectivity index (χ2v) is 7.96. The van der Waals surface area contributed by atoms with Gasteiger partial charge in [0.25, 0.3) is 5.91 Å². The van der Waals surface area contributed by atoms with Crippen molar-refractivity contribution in [1.29, 1.82) is 0 Å². The molecule has 0 fully saturated rings. The van der Waals surface area contributed by atoms with E-state index in [9.17, 15) is 13.2 Å². The van der Waals surface area contributed by atoms with Crippen LogP contribution in [0.3, 0.4) is 0 Å². The van der Waals surface area contributed by atoms with Crippen molar-refractivity contribution in [3.05, 3.63) is 33.3 Å². The van der Waals surface area contributed by atoms with Crippen LogP contribution in [0.15, 0.2) is 27.8 Å². The Morgan fingerprint density at radius 1 is 1.38 bits per heavy atom. The number of ether oxygens (including phenoxy) is 1. The smallest absolute Gasteiger partial charge is 0.265 e. The minimum atomic E-state index is -3.65. The first-order valence-corrected chi connectivity index (χ1v) is 9.17. The predicted molar refractivity (Wildman–Crippen MR) is 82.6 cm³/mol. The van der Waals surface area contributed by atoms with Crippen LogP contribution < -0.4 is 15.2 Å². The molecule has 2 heterocycles. The maximum absolute atomic E-state index is 11.9. The average Bonchev–Trinajstić information content (AvgIpc) is 3.06. The van der Waals surface area contributed by atoms with Gasteiger partial charge in [-0.2, -0.15) is 0 Å². The highest BCUT2D eigenvalue weighted by Crippen LogP contribution is 2.24. The van der Waals surface area contributed by atoms with Gasteiger partial charge in [0, 0.05) is 11.4 Å². The number of hydrogen-bond acceptors (Lipinski definition) is 6. The number of methoxy groups -OCH3 is 1. The van der Waals surface area contributed by atoms with Crippen molar-refractivity contribution in [2.45, 2.75) is 10.6 Å². The van der Waals surface area contributed by atoms with E-state index in [0.29, 0.717) is 23.6 Å². The van der Waals surface area contributed by atoms with Crippen LogP contribution in [0.25, 0.3) is 0 Å². The summed E-state index contributed by atoms with van der Waals surface area (Å²) in [5, 5.41) is 9.60. The molecule has 2 aromatic heterocycles. The highest BCUT2D eigenvalue weighted by atomic mass is 32.2. The van der Waals surface area contributed by atoms with Gasteiger partial charge in [-0.05, 0) is 30.0 Å². The third kappa shape index (κ3) is 4.03. The molecule has 2 aromatic rings. The zero-order valence-electron chi connectivity index (χ0n) is 11.2. The predicted octanol–water partition coefficient (Wildman–Crippen LogP) is 1.44. The minimum absolute atomic E-state index is 0.128. The molecule has 0 aliphatic heterocycles. The lowest BCUT2D eigenvalue weighted by Crippen LogP contribution is -2.25. The molecule has 0 unspecified atom stereocenters. The van der Waals surface area contributed by atoms with Crippen molar-refractivity contribution in [2.24, 2.45) is 5.14 Å². The van der Waals surface area contributed by atoms with Crippen LogP contribution in [0.4, 0.5) is 0 Å². The van der Waals surface area contributed by atoms with Crippen LogP contribution in [0.5, 0.6) is 5.75 Å². The molecule has 6 nitrogen and oxygen atoms in total. The summed E-state index contributed by atoms with van der Waals surface area (Å²) in [6.45, 7) is 0.407. The van der Waals surface area contributed by atoms with Gasteiger partial charge in [0.1, 0.15) is 14.8 Å². The molecule has 0 spiro atoms. The molecule has 2 rings (SSSR count). The van der Waals surface area contributed by atoms with Gasteiger partial charge >= 0.3 is 0 Å². The quantitative estimate of drug-likeness (QED) is 0.827. The topological polar surface area (TPSA) is 98.5 Å². The largest absolute Gasteiger partial charge is 0.495 e. The van der Waals surface area contributed by atoms with Crippen molar-refractivity contribution < 1.29 is 17.9 Å². The van der Waals surface area contributed by atoms with Crippen LogP contribution in [-0.2, 0) is 16.4 Å². The van der Waals surface area contributed by atoms with Crippen LogP contribution in [-0.4, -0.2) is 28.0 Å². The molecule has 0 saturated carbocycles. The zero-order chi connectivity index (χ0) is 15.5. The first-order chi connectivity index (χ1) is 9.91. The Hall–Kier alpha value is -1.42. The molecular weight excluding hydrogens is 332 g/mol. The second-order valence-electron chi connectivity index (χ2n) is 4.09. The van der Waals surface area contributed by atoms with Crippen LogP contribution in [0.1, 0.15) is 14.5 Å². The van der Waals surface area contributed by atoms with E-state index in [1.807, 2.05) is 0 Å². The number of carbonyl (C=O) groups excluding carboxylic acids is 1. The van der Waals surface area contributed by atoms with Gasteiger partial charge in [-0.3, -0.25) is 4.79 Å². The molecule has 114 valence electrons. The van der Waals surface area contributed by atoms with Gasteiger partial charge in [0.05, 0.1) is 7.11 Å². The van der Waals surface area contributed by atoms with Crippen LogP contribution in [0, 0.1) is 0 Å². The SMILES string of the molecule is COc1ccsc1C(=O)NCCc1ccc(S(N)(=O)=O)s1. The summed E-state index contributed by atoms with van der Waals surface area (Å²) >= 11 is 2.42. The Kier molecular flexibility index (Phi) is 4.99. The summed E-state index contributed by atoms with van der Waals surface area (Å²) in [6.07, 6.45) is 0.541. The summed E-state index contributed by atoms with van der Waals surface area (Å²) in [6, 6.07) is 4.90. The van der Waals surface area contributed by atoms with E-state index in [-0.39, 0.29) is 10.1 Å². The maximum Gasteiger partial charge on any atom is 0.265 e. The zero-order valence-corrected chi connectivity index (χ0v) is 13.6. The lowest BCUT2D eigenvalue weighted by molar-refractivity contribution is 0.0955. The molecule has 0 aromatic carbocycles. The molecule has 0 aliphatic rings. The highest BCUT2D eigenvalue weighted by Gasteiger charge is 2.14. The normalized spacial score (nSPS) is 11.3. The molecule has 0 radical (unpaired) electrons. The molecular formula is C12H14N2O4S3. The number of thiophene rings is 2. The molecule has 21 heavy (non-hydrogen) atoms. The van der Waals surface area contributed by atoms with Crippen LogP contribution in [0.2, 0.25) is 0 Å². The Morgan fingerprint density at radius 2 is 2.14 bits per heavy atom. The van der Waals surface area contributed by atoms with E-state index >= 15 is 0 Å². The summed E-state index contributed by atoms with van der Waals surface area (Å²) in [7, 11) is -2.14. The van der Waals surface area contributed by atoms with Crippen LogP contribution >= 0.6 is 22.7 Å². The second kappa shape index (κ2) is 6.56. The van der Waals surface area contributed by atoms with E-state index in [1.54, 1.807) is 17.5 Å². The maximum atomic E-state index is 11.9. The first kappa shape index (κ1) is 16.0. The number of nitrogens with one attached hydrogen (secondary N) is 1. The molecule has 0 atom stereocenters. The minimum Gasteiger partial charge on any atom is -0.495 e. The van der Waals surface area contributed by atoms with Gasteiger partial charge in [0.15, 0.2) is 0 Å². The first-order valence-electron chi connectivity index (χ1n) is 5.93. The molecule has 0 saturated heterocycles. The van der Waals surface area contributed by atoms with Crippen molar-refractivity contribution in [2.75, 3.05) is 13.7 Å². The Bertz CT molecular complexity index is 733. The van der Waals surface area contributed by atoms with Gasteiger partial charge in [-0.1, -0.05) is 0 Å². The molecule has 9 heteroatoms. The molecule has 3 N–H and O–H groups in total. The Balaban J connectivity index is 1.90. The van der Waals surface area contributed by atoms with Gasteiger partial charge in [-0.15, -0.1) is 22.7 Å². The fourth-order valence-corrected chi connectivity index (χ4v) is 4.20. The number of nitrogens with two attached hydrogens (primary N) is 1. The lowest BCUT2D eigenvalue weighted by atomic mass is 10.3. The standard InChI is InChI=1S/C12H14N2O4S3/c1-18-9-5-7-19-11(9)12(15)14-6-4-8-2-3-10(20-8)21(13,16)17/h2-3,5,7H,4,6H2,1H3,(H,14,15)(H2,13,16,17). The van der Waals surface area contributed by atoms with E-state index in [4.69, 9.17) is 9.88 Å². The molecule has 0 bridgehead atoms. The van der Waals surface area contributed by atoms with E-state index in [0.717, 1.165) is 16.2 Å². The number of carbonyl (C=O) groups is 1. The fourth-order valence-electron chi connectivity index (χ4n) is 1.65. The van der Waals surface area contributed by atoms with Crippen molar-refractivity contribution in [3.8, 4) is 5.75 Å². The number of rotatable bonds is 6. The summed E-state index contributed by atoms with van der Waals surface area (Å²) in [4.78, 5) is 13.3. The van der Waals surface area contributed by atoms with E-state index < -0.39 is 10.0 Å². The molecule has 0 aliphatic carbocycles. The highest BCUT2D eigenvalue weighted by molar-refractivity contribution is 7.91. The third-order valence-electron chi connectivity index (χ3n) is 2.63. The number of hydrogen-bond donors (Lipinski definition) is 2. The lowest BCUT2D eigenvalue weighted by Gasteiger charge is -2.04. The van der Waals surface area contributed by atoms with Gasteiger partial charge < -0.3 is 10.1 Å². The van der Waals surface area contributed by atoms with E-state index in [1.165, 1.54) is 24.5 Å². The van der Waals surface area contributed by atoms with Crippen molar-refractivity contribution in [1.82, 2.24) is 5.32 Å². The number of amides is 1. The summed E-state index contributed by atoms with van der Waals surface area (Å²) in [5.41, 5.74) is 0.